The van der Waals surface area contributed by atoms with Crippen molar-refractivity contribution < 1.29 is 9.21 Å². The third-order valence-corrected chi connectivity index (χ3v) is 5.85. The van der Waals surface area contributed by atoms with Crippen molar-refractivity contribution in [3.63, 3.8) is 0 Å². The number of amides is 1. The Morgan fingerprint density at radius 2 is 2.08 bits per heavy atom. The number of hydrogen-bond acceptors (Lipinski definition) is 5. The molecule has 26 heavy (non-hydrogen) atoms. The number of furan rings is 1. The summed E-state index contributed by atoms with van der Waals surface area (Å²) in [7, 11) is 0. The number of carbonyl (C=O) groups is 1. The Morgan fingerprint density at radius 3 is 2.85 bits per heavy atom. The summed E-state index contributed by atoms with van der Waals surface area (Å²) < 4.78 is 7.04. The van der Waals surface area contributed by atoms with Gasteiger partial charge in [0.25, 0.3) is 5.91 Å². The molecule has 0 aliphatic carbocycles. The van der Waals surface area contributed by atoms with Crippen LogP contribution in [-0.4, -0.2) is 41.5 Å². The van der Waals surface area contributed by atoms with E-state index in [0.29, 0.717) is 17.6 Å². The molecule has 1 N–H and O–H groups in total. The van der Waals surface area contributed by atoms with Crippen LogP contribution in [0, 0.1) is 0 Å². The molecule has 1 aliphatic rings. The number of aromatic nitrogens is 1. The van der Waals surface area contributed by atoms with Gasteiger partial charge in [-0.05, 0) is 56.6 Å². The van der Waals surface area contributed by atoms with Crippen molar-refractivity contribution in [2.45, 2.75) is 32.2 Å². The van der Waals surface area contributed by atoms with E-state index >= 15 is 0 Å². The first-order valence-electron chi connectivity index (χ1n) is 9.23. The lowest BCUT2D eigenvalue weighted by Crippen LogP contribution is -2.46. The summed E-state index contributed by atoms with van der Waals surface area (Å²) in [6, 6.07) is 12.0. The van der Waals surface area contributed by atoms with Gasteiger partial charge in [0.2, 0.25) is 0 Å². The molecule has 0 bridgehead atoms. The van der Waals surface area contributed by atoms with Crippen molar-refractivity contribution in [1.29, 1.82) is 0 Å². The Hall–Kier alpha value is -2.18. The van der Waals surface area contributed by atoms with E-state index in [1.807, 2.05) is 35.2 Å². The minimum absolute atomic E-state index is 0.00823. The van der Waals surface area contributed by atoms with Crippen LogP contribution < -0.4 is 5.32 Å². The summed E-state index contributed by atoms with van der Waals surface area (Å²) in [6.45, 7) is 4.80. The predicted octanol–water partition coefficient (Wildman–Crippen LogP) is 4.16. The van der Waals surface area contributed by atoms with Gasteiger partial charge in [-0.1, -0.05) is 19.1 Å². The lowest BCUT2D eigenvalue weighted by molar-refractivity contribution is 0.0611. The van der Waals surface area contributed by atoms with Crippen LogP contribution in [-0.2, 0) is 0 Å². The molecule has 0 saturated carbocycles. The molecule has 1 aliphatic heterocycles. The molecule has 0 atom stereocenters. The molecule has 5 nitrogen and oxygen atoms in total. The maximum atomic E-state index is 13.0. The Kier molecular flexibility index (Phi) is 5.04. The van der Waals surface area contributed by atoms with E-state index in [2.05, 4.69) is 17.2 Å². The Morgan fingerprint density at radius 1 is 1.27 bits per heavy atom. The second-order valence-corrected chi connectivity index (χ2v) is 7.66. The van der Waals surface area contributed by atoms with E-state index in [-0.39, 0.29) is 5.91 Å². The van der Waals surface area contributed by atoms with Gasteiger partial charge < -0.3 is 14.6 Å². The van der Waals surface area contributed by atoms with Crippen LogP contribution in [0.4, 0.5) is 0 Å². The molecule has 1 amide bonds. The van der Waals surface area contributed by atoms with Gasteiger partial charge >= 0.3 is 0 Å². The van der Waals surface area contributed by atoms with E-state index in [0.717, 1.165) is 54.1 Å². The van der Waals surface area contributed by atoms with Crippen molar-refractivity contribution in [2.24, 2.45) is 0 Å². The molecule has 6 heteroatoms. The summed E-state index contributed by atoms with van der Waals surface area (Å²) in [5.41, 5.74) is 0.957. The maximum absolute atomic E-state index is 13.0. The number of nitrogens with zero attached hydrogens (tertiary/aromatic N) is 2. The van der Waals surface area contributed by atoms with E-state index in [9.17, 15) is 4.79 Å². The number of thiazole rings is 1. The quantitative estimate of drug-likeness (QED) is 0.734. The molecule has 3 heterocycles. The average molecular weight is 369 g/mol. The summed E-state index contributed by atoms with van der Waals surface area (Å²) in [5.74, 6) is 1.06. The van der Waals surface area contributed by atoms with E-state index in [4.69, 9.17) is 4.42 Å². The van der Waals surface area contributed by atoms with Crippen molar-refractivity contribution in [3.05, 3.63) is 42.2 Å². The molecular weight excluding hydrogens is 346 g/mol. The monoisotopic (exact) mass is 369 g/mol. The van der Waals surface area contributed by atoms with Crippen molar-refractivity contribution in [1.82, 2.24) is 15.2 Å². The maximum Gasteiger partial charge on any atom is 0.289 e. The second-order valence-electron chi connectivity index (χ2n) is 6.63. The minimum Gasteiger partial charge on any atom is -0.448 e. The Labute approximate surface area is 157 Å². The lowest BCUT2D eigenvalue weighted by atomic mass is 10.0. The van der Waals surface area contributed by atoms with E-state index in [1.165, 1.54) is 0 Å². The van der Waals surface area contributed by atoms with Crippen molar-refractivity contribution in [3.8, 4) is 10.8 Å². The van der Waals surface area contributed by atoms with Gasteiger partial charge in [-0.15, -0.1) is 11.3 Å². The number of benzene rings is 1. The van der Waals surface area contributed by atoms with Crippen molar-refractivity contribution in [2.75, 3.05) is 19.6 Å². The average Bonchev–Trinajstić information content (AvgIpc) is 3.33. The highest BCUT2D eigenvalue weighted by molar-refractivity contribution is 7.21. The minimum atomic E-state index is -0.00823. The Bertz CT molecular complexity index is 862. The fraction of sp³-hybridized carbons (Fsp3) is 0.400. The molecule has 1 aromatic carbocycles. The summed E-state index contributed by atoms with van der Waals surface area (Å²) >= 11 is 1.58. The van der Waals surface area contributed by atoms with Gasteiger partial charge in [-0.25, -0.2) is 4.98 Å². The van der Waals surface area contributed by atoms with Crippen LogP contribution in [0.15, 0.2) is 40.8 Å². The smallest absolute Gasteiger partial charge is 0.289 e. The first kappa shape index (κ1) is 17.2. The van der Waals surface area contributed by atoms with E-state index in [1.54, 1.807) is 17.4 Å². The number of fused-ring (bicyclic) bond motifs is 1. The highest BCUT2D eigenvalue weighted by Gasteiger charge is 2.27. The number of carbonyl (C=O) groups excluding carboxylic acids is 1. The fourth-order valence-electron chi connectivity index (χ4n) is 3.50. The highest BCUT2D eigenvalue weighted by Crippen LogP contribution is 2.31. The SMILES string of the molecule is CCCN(C(=O)c1ccc(-c2nc3ccccc3s2)o1)C1CCNCC1. The summed E-state index contributed by atoms with van der Waals surface area (Å²) in [4.78, 5) is 19.7. The third-order valence-electron chi connectivity index (χ3n) is 4.80. The fourth-order valence-corrected chi connectivity index (χ4v) is 4.42. The second kappa shape index (κ2) is 7.60. The summed E-state index contributed by atoms with van der Waals surface area (Å²) in [6.07, 6.45) is 2.94. The number of nitrogens with one attached hydrogen (secondary N) is 1. The van der Waals surface area contributed by atoms with Crippen LogP contribution in [0.5, 0.6) is 0 Å². The molecule has 136 valence electrons. The number of hydrogen-bond donors (Lipinski definition) is 1. The molecule has 3 aromatic rings. The third kappa shape index (κ3) is 3.39. The lowest BCUT2D eigenvalue weighted by Gasteiger charge is -2.34. The van der Waals surface area contributed by atoms with Crippen molar-refractivity contribution >= 4 is 27.5 Å². The van der Waals surface area contributed by atoms with Gasteiger partial charge in [0, 0.05) is 12.6 Å². The standard InChI is InChI=1S/C20H23N3O2S/c1-2-13-23(14-9-11-21-12-10-14)20(24)17-8-7-16(25-17)19-22-15-5-3-4-6-18(15)26-19/h3-8,14,21H,2,9-13H2,1H3. The van der Waals surface area contributed by atoms with Gasteiger partial charge in [0.1, 0.15) is 0 Å². The first-order chi connectivity index (χ1) is 12.8. The number of piperidine rings is 1. The van der Waals surface area contributed by atoms with Crippen LogP contribution in [0.3, 0.4) is 0 Å². The first-order valence-corrected chi connectivity index (χ1v) is 10.1. The highest BCUT2D eigenvalue weighted by atomic mass is 32.1. The van der Waals surface area contributed by atoms with Gasteiger partial charge in [-0.2, -0.15) is 0 Å². The van der Waals surface area contributed by atoms with Crippen LogP contribution >= 0.6 is 11.3 Å². The molecule has 2 aromatic heterocycles. The predicted molar refractivity (Wildman–Crippen MR) is 105 cm³/mol. The van der Waals surface area contributed by atoms with Crippen LogP contribution in [0.1, 0.15) is 36.7 Å². The molecule has 1 saturated heterocycles. The zero-order valence-corrected chi connectivity index (χ0v) is 15.7. The summed E-state index contributed by atoms with van der Waals surface area (Å²) in [5, 5.41) is 4.17. The molecular formula is C20H23N3O2S. The zero-order valence-electron chi connectivity index (χ0n) is 14.9. The van der Waals surface area contributed by atoms with Gasteiger partial charge in [-0.3, -0.25) is 4.79 Å². The van der Waals surface area contributed by atoms with Crippen LogP contribution in [0.2, 0.25) is 0 Å². The van der Waals surface area contributed by atoms with Gasteiger partial charge in [0.05, 0.1) is 10.2 Å². The molecule has 0 spiro atoms. The van der Waals surface area contributed by atoms with Gasteiger partial charge in [0.15, 0.2) is 16.5 Å². The number of rotatable bonds is 5. The largest absolute Gasteiger partial charge is 0.448 e. The molecule has 4 rings (SSSR count). The molecule has 0 unspecified atom stereocenters. The molecule has 1 fully saturated rings. The van der Waals surface area contributed by atoms with Crippen LogP contribution in [0.25, 0.3) is 21.0 Å². The zero-order chi connectivity index (χ0) is 17.9. The number of para-hydroxylation sites is 1. The normalized spacial score (nSPS) is 15.4. The van der Waals surface area contributed by atoms with E-state index < -0.39 is 0 Å². The Balaban J connectivity index is 1.58. The molecule has 0 radical (unpaired) electrons. The topological polar surface area (TPSA) is 58.4 Å².